The maximum Gasteiger partial charge on any atom is 0.193 e. The first kappa shape index (κ1) is 11.4. The Kier molecular flexibility index (Phi) is 3.23. The summed E-state index contributed by atoms with van der Waals surface area (Å²) >= 11 is 0. The quantitative estimate of drug-likeness (QED) is 0.612. The molecule has 0 amide bonds. The summed E-state index contributed by atoms with van der Waals surface area (Å²) in [5.41, 5.74) is 6.77. The first-order valence-corrected chi connectivity index (χ1v) is 5.60. The topological polar surface area (TPSA) is 63.3 Å². The second kappa shape index (κ2) is 4.82. The number of guanidine groups is 1. The van der Waals surface area contributed by atoms with Gasteiger partial charge in [-0.15, -0.1) is 0 Å². The van der Waals surface area contributed by atoms with Crippen molar-refractivity contribution >= 4 is 22.4 Å². The molecule has 0 radical (unpaired) electrons. The summed E-state index contributed by atoms with van der Waals surface area (Å²) < 4.78 is 0. The number of hydrogen-bond donors (Lipinski definition) is 2. The fourth-order valence-electron chi connectivity index (χ4n) is 1.68. The van der Waals surface area contributed by atoms with Crippen molar-refractivity contribution in [2.24, 2.45) is 10.7 Å². The predicted molar refractivity (Wildman–Crippen MR) is 72.1 cm³/mol. The van der Waals surface area contributed by atoms with Crippen LogP contribution in [-0.2, 0) is 0 Å². The number of fused-ring (bicyclic) bond motifs is 1. The molecule has 0 unspecified atom stereocenters. The summed E-state index contributed by atoms with van der Waals surface area (Å²) in [6, 6.07) is 8.10. The van der Waals surface area contributed by atoms with Crippen LogP contribution in [0.15, 0.2) is 41.7 Å². The van der Waals surface area contributed by atoms with Crippen LogP contribution in [0.1, 0.15) is 13.8 Å². The van der Waals surface area contributed by atoms with E-state index in [-0.39, 0.29) is 6.04 Å². The number of nitrogens with zero attached hydrogens (tertiary/aromatic N) is 2. The van der Waals surface area contributed by atoms with E-state index in [2.05, 4.69) is 15.3 Å². The predicted octanol–water partition coefficient (Wildman–Crippen LogP) is 2.37. The number of aromatic nitrogens is 1. The molecule has 88 valence electrons. The minimum atomic E-state index is 0.180. The van der Waals surface area contributed by atoms with E-state index in [0.29, 0.717) is 5.96 Å². The lowest BCUT2D eigenvalue weighted by molar-refractivity contribution is 0.833. The van der Waals surface area contributed by atoms with Crippen LogP contribution in [0.2, 0.25) is 0 Å². The molecule has 0 atom stereocenters. The van der Waals surface area contributed by atoms with Gasteiger partial charge in [-0.1, -0.05) is 12.1 Å². The van der Waals surface area contributed by atoms with Gasteiger partial charge in [0.2, 0.25) is 0 Å². The van der Waals surface area contributed by atoms with Crippen LogP contribution in [-0.4, -0.2) is 17.0 Å². The van der Waals surface area contributed by atoms with Crippen molar-refractivity contribution in [2.45, 2.75) is 19.9 Å². The van der Waals surface area contributed by atoms with E-state index in [4.69, 9.17) is 5.73 Å². The van der Waals surface area contributed by atoms with E-state index in [1.165, 1.54) is 0 Å². The molecule has 0 spiro atoms. The third-order valence-electron chi connectivity index (χ3n) is 2.34. The van der Waals surface area contributed by atoms with E-state index in [9.17, 15) is 0 Å². The Bertz CT molecular complexity index is 541. The average Bonchev–Trinajstić information content (AvgIpc) is 2.28. The first-order valence-electron chi connectivity index (χ1n) is 5.60. The summed E-state index contributed by atoms with van der Waals surface area (Å²) in [5, 5.41) is 5.28. The van der Waals surface area contributed by atoms with Crippen molar-refractivity contribution in [3.05, 3.63) is 36.7 Å². The fraction of sp³-hybridized carbons (Fsp3) is 0.231. The minimum absolute atomic E-state index is 0.180. The van der Waals surface area contributed by atoms with Crippen LogP contribution >= 0.6 is 0 Å². The highest BCUT2D eigenvalue weighted by Crippen LogP contribution is 2.21. The summed E-state index contributed by atoms with van der Waals surface area (Å²) in [4.78, 5) is 8.34. The van der Waals surface area contributed by atoms with E-state index in [1.807, 2.05) is 44.3 Å². The molecule has 0 saturated heterocycles. The van der Waals surface area contributed by atoms with Crippen LogP contribution in [0, 0.1) is 0 Å². The Morgan fingerprint density at radius 3 is 2.94 bits per heavy atom. The monoisotopic (exact) mass is 228 g/mol. The van der Waals surface area contributed by atoms with Gasteiger partial charge in [0, 0.05) is 34.9 Å². The average molecular weight is 228 g/mol. The number of hydrogen-bond acceptors (Lipinski definition) is 2. The van der Waals surface area contributed by atoms with Crippen molar-refractivity contribution < 1.29 is 0 Å². The molecule has 1 heterocycles. The number of nitrogens with two attached hydrogens (primary N) is 1. The van der Waals surface area contributed by atoms with E-state index >= 15 is 0 Å². The second-order valence-corrected chi connectivity index (χ2v) is 4.14. The summed E-state index contributed by atoms with van der Waals surface area (Å²) in [7, 11) is 0. The lowest BCUT2D eigenvalue weighted by Gasteiger charge is -2.09. The van der Waals surface area contributed by atoms with Crippen molar-refractivity contribution in [1.82, 2.24) is 4.98 Å². The summed E-state index contributed by atoms with van der Waals surface area (Å²) in [6.07, 6.45) is 3.60. The standard InChI is InChI=1S/C13H16N4/c1-9(2)16-13(14)17-12-5-3-4-10-8-15-7-6-11(10)12/h3-9H,1-2H3,(H3,14,16,17). The van der Waals surface area contributed by atoms with Gasteiger partial charge in [0.25, 0.3) is 0 Å². The molecular weight excluding hydrogens is 212 g/mol. The molecular formula is C13H16N4. The zero-order chi connectivity index (χ0) is 12.3. The Morgan fingerprint density at radius 1 is 1.35 bits per heavy atom. The van der Waals surface area contributed by atoms with Crippen molar-refractivity contribution in [2.75, 3.05) is 5.32 Å². The van der Waals surface area contributed by atoms with Crippen molar-refractivity contribution in [3.63, 3.8) is 0 Å². The molecule has 0 saturated carbocycles. The fourth-order valence-corrected chi connectivity index (χ4v) is 1.68. The third-order valence-corrected chi connectivity index (χ3v) is 2.34. The van der Waals surface area contributed by atoms with Gasteiger partial charge in [-0.2, -0.15) is 0 Å². The number of benzene rings is 1. The molecule has 0 fully saturated rings. The number of anilines is 1. The largest absolute Gasteiger partial charge is 0.370 e. The van der Waals surface area contributed by atoms with Crippen molar-refractivity contribution in [3.8, 4) is 0 Å². The molecule has 1 aromatic carbocycles. The zero-order valence-electron chi connectivity index (χ0n) is 10.0. The van der Waals surface area contributed by atoms with E-state index in [1.54, 1.807) is 6.20 Å². The molecule has 4 heteroatoms. The lowest BCUT2D eigenvalue weighted by atomic mass is 10.1. The van der Waals surface area contributed by atoms with Gasteiger partial charge >= 0.3 is 0 Å². The number of rotatable bonds is 2. The molecule has 2 rings (SSSR count). The highest BCUT2D eigenvalue weighted by Gasteiger charge is 2.01. The van der Waals surface area contributed by atoms with Crippen LogP contribution in [0.25, 0.3) is 10.8 Å². The Balaban J connectivity index is 2.36. The molecule has 4 nitrogen and oxygen atoms in total. The van der Waals surface area contributed by atoms with Gasteiger partial charge in [-0.25, -0.2) is 0 Å². The smallest absolute Gasteiger partial charge is 0.193 e. The molecule has 3 N–H and O–H groups in total. The molecule has 1 aromatic heterocycles. The van der Waals surface area contributed by atoms with E-state index in [0.717, 1.165) is 16.5 Å². The summed E-state index contributed by atoms with van der Waals surface area (Å²) in [6.45, 7) is 3.98. The summed E-state index contributed by atoms with van der Waals surface area (Å²) in [5.74, 6) is 0.435. The molecule has 2 aromatic rings. The Labute approximate surface area is 101 Å². The molecule has 0 bridgehead atoms. The highest BCUT2D eigenvalue weighted by molar-refractivity contribution is 6.02. The SMILES string of the molecule is CC(C)N=C(N)Nc1cccc2cnccc12. The third kappa shape index (κ3) is 2.72. The lowest BCUT2D eigenvalue weighted by Crippen LogP contribution is -2.24. The minimum Gasteiger partial charge on any atom is -0.370 e. The van der Waals surface area contributed by atoms with Gasteiger partial charge in [0.15, 0.2) is 5.96 Å². The van der Waals surface area contributed by atoms with Crippen molar-refractivity contribution in [1.29, 1.82) is 0 Å². The van der Waals surface area contributed by atoms with Gasteiger partial charge in [0.1, 0.15) is 0 Å². The molecule has 17 heavy (non-hydrogen) atoms. The van der Waals surface area contributed by atoms with Crippen LogP contribution in [0.3, 0.4) is 0 Å². The molecule has 0 aliphatic heterocycles. The van der Waals surface area contributed by atoms with E-state index < -0.39 is 0 Å². The molecule has 0 aliphatic carbocycles. The number of aliphatic imine (C=N–C) groups is 1. The van der Waals surface area contributed by atoms with Crippen LogP contribution in [0.4, 0.5) is 5.69 Å². The van der Waals surface area contributed by atoms with Gasteiger partial charge in [-0.05, 0) is 26.0 Å². The van der Waals surface area contributed by atoms with Crippen LogP contribution in [0.5, 0.6) is 0 Å². The maximum absolute atomic E-state index is 5.82. The molecule has 0 aliphatic rings. The van der Waals surface area contributed by atoms with Crippen LogP contribution < -0.4 is 11.1 Å². The number of pyridine rings is 1. The maximum atomic E-state index is 5.82. The zero-order valence-corrected chi connectivity index (χ0v) is 10.0. The van der Waals surface area contributed by atoms with Gasteiger partial charge in [-0.3, -0.25) is 9.98 Å². The second-order valence-electron chi connectivity index (χ2n) is 4.14. The highest BCUT2D eigenvalue weighted by atomic mass is 15.1. The first-order chi connectivity index (χ1) is 8.16. The van der Waals surface area contributed by atoms with Gasteiger partial charge in [0.05, 0.1) is 0 Å². The Hall–Kier alpha value is -2.10. The Morgan fingerprint density at radius 2 is 2.18 bits per heavy atom. The number of nitrogens with one attached hydrogen (secondary N) is 1. The van der Waals surface area contributed by atoms with Gasteiger partial charge < -0.3 is 11.1 Å². The normalized spacial score (nSPS) is 12.1.